The fourth-order valence-corrected chi connectivity index (χ4v) is 5.33. The van der Waals surface area contributed by atoms with Gasteiger partial charge in [-0.05, 0) is 17.0 Å². The van der Waals surface area contributed by atoms with Crippen LogP contribution in [0.5, 0.6) is 0 Å². The number of hydrogen-bond acceptors (Lipinski definition) is 6. The van der Waals surface area contributed by atoms with E-state index in [1.54, 1.807) is 22.0 Å². The summed E-state index contributed by atoms with van der Waals surface area (Å²) >= 11 is 1.59. The molecule has 1 aromatic carbocycles. The Morgan fingerprint density at radius 3 is 2.52 bits per heavy atom. The topological polar surface area (TPSA) is 66.4 Å². The molecule has 3 heterocycles. The number of anilines is 1. The van der Waals surface area contributed by atoms with Gasteiger partial charge in [-0.2, -0.15) is 4.31 Å². The van der Waals surface area contributed by atoms with Gasteiger partial charge in [0.05, 0.1) is 11.1 Å². The molecule has 2 aromatic heterocycles. The Hall–Kier alpha value is -2.03. The Kier molecular flexibility index (Phi) is 4.41. The van der Waals surface area contributed by atoms with Crippen LogP contribution in [0.2, 0.25) is 0 Å². The van der Waals surface area contributed by atoms with Crippen LogP contribution in [0.3, 0.4) is 0 Å². The third-order valence-electron chi connectivity index (χ3n) is 4.36. The lowest BCUT2D eigenvalue weighted by Crippen LogP contribution is -2.49. The standard InChI is InChI=1S/C17H18N4O2S2/c22-25(23,12-14-4-2-1-3-5-14)21-9-7-20(8-10-21)16-15-6-11-24-17(15)19-13-18-16/h1-6,11,13H,7-10,12H2. The molecule has 0 saturated carbocycles. The summed E-state index contributed by atoms with van der Waals surface area (Å²) in [7, 11) is -3.30. The van der Waals surface area contributed by atoms with Gasteiger partial charge in [-0.15, -0.1) is 11.3 Å². The number of aromatic nitrogens is 2. The van der Waals surface area contributed by atoms with Gasteiger partial charge in [0.15, 0.2) is 0 Å². The smallest absolute Gasteiger partial charge is 0.218 e. The SMILES string of the molecule is O=S(=O)(Cc1ccccc1)N1CCN(c2ncnc3sccc23)CC1. The summed E-state index contributed by atoms with van der Waals surface area (Å²) in [5.74, 6) is 0.946. The second-order valence-corrected chi connectivity index (χ2v) is 8.83. The van der Waals surface area contributed by atoms with Gasteiger partial charge in [0.25, 0.3) is 0 Å². The van der Waals surface area contributed by atoms with Crippen molar-refractivity contribution in [1.82, 2.24) is 14.3 Å². The molecule has 0 radical (unpaired) electrons. The number of benzene rings is 1. The Labute approximate surface area is 150 Å². The highest BCUT2D eigenvalue weighted by molar-refractivity contribution is 7.88. The lowest BCUT2D eigenvalue weighted by Gasteiger charge is -2.34. The van der Waals surface area contributed by atoms with E-state index in [9.17, 15) is 8.42 Å². The summed E-state index contributed by atoms with van der Waals surface area (Å²) in [6, 6.07) is 11.3. The molecule has 0 amide bonds. The average molecular weight is 374 g/mol. The third-order valence-corrected chi connectivity index (χ3v) is 7.03. The minimum Gasteiger partial charge on any atom is -0.353 e. The maximum atomic E-state index is 12.7. The Morgan fingerprint density at radius 1 is 1.00 bits per heavy atom. The van der Waals surface area contributed by atoms with Crippen LogP contribution < -0.4 is 4.90 Å². The molecule has 25 heavy (non-hydrogen) atoms. The summed E-state index contributed by atoms with van der Waals surface area (Å²) in [6.07, 6.45) is 1.58. The number of sulfonamides is 1. The molecular weight excluding hydrogens is 356 g/mol. The second kappa shape index (κ2) is 6.70. The molecular formula is C17H18N4O2S2. The van der Waals surface area contributed by atoms with E-state index in [0.29, 0.717) is 26.2 Å². The predicted octanol–water partition coefficient (Wildman–Crippen LogP) is 2.34. The second-order valence-electron chi connectivity index (χ2n) is 5.96. The molecule has 0 aliphatic carbocycles. The van der Waals surface area contributed by atoms with Gasteiger partial charge in [0.1, 0.15) is 17.0 Å². The van der Waals surface area contributed by atoms with Gasteiger partial charge in [0.2, 0.25) is 10.0 Å². The van der Waals surface area contributed by atoms with Crippen molar-refractivity contribution in [3.63, 3.8) is 0 Å². The first-order valence-corrected chi connectivity index (χ1v) is 10.6. The lowest BCUT2D eigenvalue weighted by molar-refractivity contribution is 0.383. The normalized spacial score (nSPS) is 16.4. The van der Waals surface area contributed by atoms with E-state index in [2.05, 4.69) is 14.9 Å². The van der Waals surface area contributed by atoms with Crippen molar-refractivity contribution in [2.75, 3.05) is 31.1 Å². The van der Waals surface area contributed by atoms with Gasteiger partial charge < -0.3 is 4.90 Å². The zero-order chi connectivity index (χ0) is 17.3. The molecule has 4 rings (SSSR count). The zero-order valence-electron chi connectivity index (χ0n) is 13.6. The largest absolute Gasteiger partial charge is 0.353 e. The minimum atomic E-state index is -3.30. The quantitative estimate of drug-likeness (QED) is 0.701. The van der Waals surface area contributed by atoms with E-state index >= 15 is 0 Å². The molecule has 6 nitrogen and oxygen atoms in total. The Morgan fingerprint density at radius 2 is 1.76 bits per heavy atom. The Bertz CT molecular complexity index is 964. The van der Waals surface area contributed by atoms with Crippen LogP contribution in [0.15, 0.2) is 48.1 Å². The van der Waals surface area contributed by atoms with E-state index in [1.807, 2.05) is 41.8 Å². The van der Waals surface area contributed by atoms with E-state index in [0.717, 1.165) is 21.6 Å². The van der Waals surface area contributed by atoms with E-state index in [-0.39, 0.29) is 5.75 Å². The van der Waals surface area contributed by atoms with Crippen molar-refractivity contribution in [3.8, 4) is 0 Å². The first-order chi connectivity index (χ1) is 12.1. The first kappa shape index (κ1) is 16.4. The third kappa shape index (κ3) is 3.37. The van der Waals surface area contributed by atoms with Gasteiger partial charge in [-0.1, -0.05) is 30.3 Å². The average Bonchev–Trinajstić information content (AvgIpc) is 3.11. The molecule has 130 valence electrons. The molecule has 1 fully saturated rings. The van der Waals surface area contributed by atoms with Gasteiger partial charge in [0, 0.05) is 26.2 Å². The van der Waals surface area contributed by atoms with Crippen LogP contribution in [-0.4, -0.2) is 48.9 Å². The van der Waals surface area contributed by atoms with Crippen LogP contribution in [0.25, 0.3) is 10.2 Å². The molecule has 0 spiro atoms. The number of rotatable bonds is 4. The maximum absolute atomic E-state index is 12.7. The van der Waals surface area contributed by atoms with Crippen LogP contribution in [0.1, 0.15) is 5.56 Å². The molecule has 3 aromatic rings. The van der Waals surface area contributed by atoms with Crippen molar-refractivity contribution in [2.24, 2.45) is 0 Å². The highest BCUT2D eigenvalue weighted by atomic mass is 32.2. The number of fused-ring (bicyclic) bond motifs is 1. The summed E-state index contributed by atoms with van der Waals surface area (Å²) in [5.41, 5.74) is 0.820. The highest BCUT2D eigenvalue weighted by Crippen LogP contribution is 2.27. The van der Waals surface area contributed by atoms with Crippen LogP contribution in [0.4, 0.5) is 5.82 Å². The summed E-state index contributed by atoms with van der Waals surface area (Å²) < 4.78 is 26.9. The van der Waals surface area contributed by atoms with E-state index in [4.69, 9.17) is 0 Å². The fraction of sp³-hybridized carbons (Fsp3) is 0.294. The summed E-state index contributed by atoms with van der Waals surface area (Å²) in [4.78, 5) is 11.8. The molecule has 1 aliphatic rings. The summed E-state index contributed by atoms with van der Waals surface area (Å²) in [5, 5.41) is 3.04. The molecule has 0 N–H and O–H groups in total. The molecule has 0 bridgehead atoms. The van der Waals surface area contributed by atoms with Crippen LogP contribution >= 0.6 is 11.3 Å². The molecule has 1 saturated heterocycles. The predicted molar refractivity (Wildman–Crippen MR) is 100 cm³/mol. The number of hydrogen-bond donors (Lipinski definition) is 0. The van der Waals surface area contributed by atoms with E-state index in [1.165, 1.54) is 0 Å². The van der Waals surface area contributed by atoms with Crippen molar-refractivity contribution in [3.05, 3.63) is 53.7 Å². The van der Waals surface area contributed by atoms with Gasteiger partial charge in [-0.25, -0.2) is 18.4 Å². The van der Waals surface area contributed by atoms with Gasteiger partial charge >= 0.3 is 0 Å². The van der Waals surface area contributed by atoms with Crippen molar-refractivity contribution < 1.29 is 8.42 Å². The number of piperazine rings is 1. The Balaban J connectivity index is 1.47. The maximum Gasteiger partial charge on any atom is 0.218 e. The lowest BCUT2D eigenvalue weighted by atomic mass is 10.2. The van der Waals surface area contributed by atoms with Gasteiger partial charge in [-0.3, -0.25) is 0 Å². The van der Waals surface area contributed by atoms with Crippen LogP contribution in [-0.2, 0) is 15.8 Å². The van der Waals surface area contributed by atoms with Crippen molar-refractivity contribution >= 4 is 37.4 Å². The molecule has 0 unspecified atom stereocenters. The number of nitrogens with zero attached hydrogens (tertiary/aromatic N) is 4. The monoisotopic (exact) mass is 374 g/mol. The zero-order valence-corrected chi connectivity index (χ0v) is 15.2. The van der Waals surface area contributed by atoms with Crippen molar-refractivity contribution in [2.45, 2.75) is 5.75 Å². The molecule has 1 aliphatic heterocycles. The minimum absolute atomic E-state index is 0.0517. The first-order valence-electron chi connectivity index (χ1n) is 8.08. The fourth-order valence-electron chi connectivity index (χ4n) is 3.08. The number of thiophene rings is 1. The van der Waals surface area contributed by atoms with Crippen LogP contribution in [0, 0.1) is 0 Å². The van der Waals surface area contributed by atoms with E-state index < -0.39 is 10.0 Å². The van der Waals surface area contributed by atoms with Crippen molar-refractivity contribution in [1.29, 1.82) is 0 Å². The highest BCUT2D eigenvalue weighted by Gasteiger charge is 2.28. The molecule has 8 heteroatoms. The molecule has 0 atom stereocenters. The summed E-state index contributed by atoms with van der Waals surface area (Å²) in [6.45, 7) is 2.22.